The highest BCUT2D eigenvalue weighted by molar-refractivity contribution is 5.33. The molecule has 4 nitrogen and oxygen atoms in total. The highest BCUT2D eigenvalue weighted by Gasteiger charge is 2.12. The van der Waals surface area contributed by atoms with Gasteiger partial charge in [-0.25, -0.2) is 0 Å². The molecule has 1 unspecified atom stereocenters. The lowest BCUT2D eigenvalue weighted by Crippen LogP contribution is -2.20. The van der Waals surface area contributed by atoms with Crippen LogP contribution in [-0.2, 0) is 0 Å². The number of aliphatic hydroxyl groups excluding tert-OH is 1. The zero-order valence-corrected chi connectivity index (χ0v) is 11.5. The fraction of sp³-hybridized carbons (Fsp3) is 0.375. The summed E-state index contributed by atoms with van der Waals surface area (Å²) in [6, 6.07) is 7.36. The van der Waals surface area contributed by atoms with E-state index in [0.717, 1.165) is 24.2 Å². The summed E-state index contributed by atoms with van der Waals surface area (Å²) < 4.78 is 11.0. The molecule has 0 saturated heterocycles. The molecule has 3 N–H and O–H groups in total. The third kappa shape index (κ3) is 4.40. The summed E-state index contributed by atoms with van der Waals surface area (Å²) in [7, 11) is 0. The summed E-state index contributed by atoms with van der Waals surface area (Å²) in [6.45, 7) is 1.21. The summed E-state index contributed by atoms with van der Waals surface area (Å²) >= 11 is 0. The second-order valence-corrected chi connectivity index (χ2v) is 4.65. The zero-order valence-electron chi connectivity index (χ0n) is 11.5. The van der Waals surface area contributed by atoms with Crippen LogP contribution in [0.25, 0.3) is 0 Å². The molecule has 0 bridgehead atoms. The van der Waals surface area contributed by atoms with Gasteiger partial charge >= 0.3 is 0 Å². The van der Waals surface area contributed by atoms with Crippen molar-refractivity contribution in [3.05, 3.63) is 48.1 Å². The van der Waals surface area contributed by atoms with Gasteiger partial charge in [0.2, 0.25) is 0 Å². The molecule has 1 aliphatic carbocycles. The first-order valence-electron chi connectivity index (χ1n) is 6.89. The van der Waals surface area contributed by atoms with Crippen LogP contribution < -0.4 is 15.2 Å². The van der Waals surface area contributed by atoms with E-state index in [1.807, 2.05) is 30.4 Å². The van der Waals surface area contributed by atoms with E-state index in [4.69, 9.17) is 15.2 Å². The van der Waals surface area contributed by atoms with Gasteiger partial charge in [-0.2, -0.15) is 0 Å². The van der Waals surface area contributed by atoms with Crippen molar-refractivity contribution in [3.63, 3.8) is 0 Å². The van der Waals surface area contributed by atoms with Crippen LogP contribution in [0.4, 0.5) is 0 Å². The summed E-state index contributed by atoms with van der Waals surface area (Å²) in [5.41, 5.74) is 6.41. The fourth-order valence-electron chi connectivity index (χ4n) is 2.01. The predicted molar refractivity (Wildman–Crippen MR) is 79.0 cm³/mol. The van der Waals surface area contributed by atoms with Crippen LogP contribution in [0.1, 0.15) is 12.8 Å². The molecule has 108 valence electrons. The predicted octanol–water partition coefficient (Wildman–Crippen LogP) is 2.04. The van der Waals surface area contributed by atoms with E-state index in [-0.39, 0.29) is 6.61 Å². The molecule has 1 aliphatic rings. The van der Waals surface area contributed by atoms with Gasteiger partial charge in [0, 0.05) is 12.6 Å². The van der Waals surface area contributed by atoms with Gasteiger partial charge in [0.1, 0.15) is 30.8 Å². The van der Waals surface area contributed by atoms with Gasteiger partial charge < -0.3 is 20.3 Å². The minimum atomic E-state index is -0.562. The molecule has 0 amide bonds. The number of ether oxygens (including phenoxy) is 2. The molecular weight excluding hydrogens is 254 g/mol. The topological polar surface area (TPSA) is 64.7 Å². The minimum absolute atomic E-state index is 0.250. The van der Waals surface area contributed by atoms with E-state index in [2.05, 4.69) is 6.08 Å². The first kappa shape index (κ1) is 14.6. The average molecular weight is 275 g/mol. The number of allylic oxidation sites excluding steroid dienone is 3. The number of hydrogen-bond donors (Lipinski definition) is 2. The first-order chi connectivity index (χ1) is 9.79. The van der Waals surface area contributed by atoms with Crippen molar-refractivity contribution in [1.82, 2.24) is 0 Å². The lowest BCUT2D eigenvalue weighted by atomic mass is 10.0. The Hall–Kier alpha value is -1.78. The molecule has 1 atom stereocenters. The molecule has 1 aromatic carbocycles. The van der Waals surface area contributed by atoms with Gasteiger partial charge in [0.05, 0.1) is 0 Å². The minimum Gasteiger partial charge on any atom is -0.492 e. The molecular formula is C16H21NO3. The van der Waals surface area contributed by atoms with Crippen LogP contribution in [0.15, 0.2) is 48.1 Å². The number of hydrogen-bond acceptors (Lipinski definition) is 4. The Balaban J connectivity index is 1.86. The number of benzene rings is 1. The van der Waals surface area contributed by atoms with Gasteiger partial charge in [0.25, 0.3) is 0 Å². The van der Waals surface area contributed by atoms with E-state index < -0.39 is 6.10 Å². The zero-order chi connectivity index (χ0) is 14.2. The molecule has 0 heterocycles. The molecule has 20 heavy (non-hydrogen) atoms. The van der Waals surface area contributed by atoms with Crippen molar-refractivity contribution in [2.45, 2.75) is 18.9 Å². The summed E-state index contributed by atoms with van der Waals surface area (Å²) in [5, 5.41) is 10.1. The lowest BCUT2D eigenvalue weighted by molar-refractivity contribution is 0.132. The standard InChI is InChI=1S/C16H21NO3/c17-9-10-19-14-7-4-8-15(11-14)20-12-16(18)13-5-2-1-3-6-13/h1-2,4-5,7-8,11,16,18H,3,6,9-10,12,17H2. The van der Waals surface area contributed by atoms with Gasteiger partial charge in [-0.05, 0) is 30.5 Å². The molecule has 0 aromatic heterocycles. The van der Waals surface area contributed by atoms with E-state index in [0.29, 0.717) is 18.9 Å². The van der Waals surface area contributed by atoms with Crippen LogP contribution in [-0.4, -0.2) is 31.0 Å². The van der Waals surface area contributed by atoms with Crippen molar-refractivity contribution < 1.29 is 14.6 Å². The number of aliphatic hydroxyl groups is 1. The van der Waals surface area contributed by atoms with Crippen molar-refractivity contribution >= 4 is 0 Å². The van der Waals surface area contributed by atoms with Crippen LogP contribution in [0.3, 0.4) is 0 Å². The van der Waals surface area contributed by atoms with Crippen LogP contribution in [0.5, 0.6) is 11.5 Å². The van der Waals surface area contributed by atoms with Crippen LogP contribution >= 0.6 is 0 Å². The number of rotatable bonds is 7. The highest BCUT2D eigenvalue weighted by atomic mass is 16.5. The molecule has 4 heteroatoms. The maximum atomic E-state index is 10.1. The van der Waals surface area contributed by atoms with Crippen LogP contribution in [0, 0.1) is 0 Å². The van der Waals surface area contributed by atoms with Crippen molar-refractivity contribution in [3.8, 4) is 11.5 Å². The van der Waals surface area contributed by atoms with Gasteiger partial charge in [-0.15, -0.1) is 0 Å². The van der Waals surface area contributed by atoms with Crippen molar-refractivity contribution in [2.75, 3.05) is 19.8 Å². The normalized spacial score (nSPS) is 15.6. The Bertz CT molecular complexity index is 482. The van der Waals surface area contributed by atoms with Gasteiger partial charge in [0.15, 0.2) is 0 Å². The fourth-order valence-corrected chi connectivity index (χ4v) is 2.01. The monoisotopic (exact) mass is 275 g/mol. The van der Waals surface area contributed by atoms with Gasteiger partial charge in [-0.1, -0.05) is 24.3 Å². The maximum absolute atomic E-state index is 10.1. The number of nitrogens with two attached hydrogens (primary N) is 1. The summed E-state index contributed by atoms with van der Waals surface area (Å²) in [6.07, 6.45) is 7.33. The van der Waals surface area contributed by atoms with Gasteiger partial charge in [-0.3, -0.25) is 0 Å². The quantitative estimate of drug-likeness (QED) is 0.799. The third-order valence-corrected chi connectivity index (χ3v) is 3.07. The molecule has 0 spiro atoms. The average Bonchev–Trinajstić information content (AvgIpc) is 2.52. The Morgan fingerprint density at radius 3 is 2.75 bits per heavy atom. The van der Waals surface area contributed by atoms with E-state index in [1.54, 1.807) is 6.07 Å². The molecule has 0 fully saturated rings. The Kier molecular flexibility index (Phi) is 5.65. The molecule has 0 aliphatic heterocycles. The second kappa shape index (κ2) is 7.72. The van der Waals surface area contributed by atoms with E-state index in [1.165, 1.54) is 0 Å². The summed E-state index contributed by atoms with van der Waals surface area (Å²) in [5.74, 6) is 1.41. The molecule has 2 rings (SSSR count). The smallest absolute Gasteiger partial charge is 0.123 e. The first-order valence-corrected chi connectivity index (χ1v) is 6.89. The third-order valence-electron chi connectivity index (χ3n) is 3.07. The second-order valence-electron chi connectivity index (χ2n) is 4.65. The lowest BCUT2D eigenvalue weighted by Gasteiger charge is -2.17. The largest absolute Gasteiger partial charge is 0.492 e. The molecule has 0 radical (unpaired) electrons. The maximum Gasteiger partial charge on any atom is 0.123 e. The summed E-state index contributed by atoms with van der Waals surface area (Å²) in [4.78, 5) is 0. The Morgan fingerprint density at radius 1 is 1.25 bits per heavy atom. The van der Waals surface area contributed by atoms with E-state index >= 15 is 0 Å². The molecule has 0 saturated carbocycles. The Morgan fingerprint density at radius 2 is 2.05 bits per heavy atom. The highest BCUT2D eigenvalue weighted by Crippen LogP contribution is 2.21. The Labute approximate surface area is 119 Å². The van der Waals surface area contributed by atoms with Crippen LogP contribution in [0.2, 0.25) is 0 Å². The van der Waals surface area contributed by atoms with Crippen molar-refractivity contribution in [1.29, 1.82) is 0 Å². The van der Waals surface area contributed by atoms with E-state index in [9.17, 15) is 5.11 Å². The SMILES string of the molecule is NCCOc1cccc(OCC(O)C2=CC=CCC2)c1. The molecule has 1 aromatic rings. The van der Waals surface area contributed by atoms with Crippen molar-refractivity contribution in [2.24, 2.45) is 5.73 Å².